The topological polar surface area (TPSA) is 51.2 Å². The fraction of sp³-hybridized carbons (Fsp3) is 0.636. The first-order chi connectivity index (χ1) is 7.78. The molecule has 1 aromatic rings. The summed E-state index contributed by atoms with van der Waals surface area (Å²) in [5.41, 5.74) is -0.267. The number of aromatic nitrogens is 1. The molecule has 0 aromatic carbocycles. The number of halogens is 1. The van der Waals surface area contributed by atoms with Crippen LogP contribution in [0.1, 0.15) is 43.2 Å². The third-order valence-corrected chi connectivity index (χ3v) is 2.70. The maximum absolute atomic E-state index is 11.7. The van der Waals surface area contributed by atoms with Gasteiger partial charge in [-0.1, -0.05) is 0 Å². The Labute approximate surface area is 110 Å². The molecule has 96 valence electrons. The molecule has 0 fully saturated rings. The zero-order valence-electron chi connectivity index (χ0n) is 10.4. The summed E-state index contributed by atoms with van der Waals surface area (Å²) in [4.78, 5) is 15.9. The molecule has 0 aliphatic heterocycles. The molecule has 1 aromatic heterocycles. The van der Waals surface area contributed by atoms with Crippen LogP contribution >= 0.6 is 22.9 Å². The predicted octanol–water partition coefficient (Wildman–Crippen LogP) is 2.77. The van der Waals surface area contributed by atoms with Crippen LogP contribution in [0.25, 0.3) is 0 Å². The molecule has 0 saturated carbocycles. The van der Waals surface area contributed by atoms with E-state index in [2.05, 4.69) is 10.3 Å². The van der Waals surface area contributed by atoms with E-state index in [1.54, 1.807) is 5.38 Å². The van der Waals surface area contributed by atoms with Crippen molar-refractivity contribution in [3.8, 4) is 0 Å². The summed E-state index contributed by atoms with van der Waals surface area (Å²) in [7, 11) is 0. The van der Waals surface area contributed by atoms with E-state index in [1.165, 1.54) is 11.3 Å². The second-order valence-electron chi connectivity index (χ2n) is 4.63. The zero-order valence-corrected chi connectivity index (χ0v) is 12.0. The van der Waals surface area contributed by atoms with Crippen molar-refractivity contribution in [3.05, 3.63) is 16.1 Å². The summed E-state index contributed by atoms with van der Waals surface area (Å²) in [6.45, 7) is 7.88. The van der Waals surface area contributed by atoms with E-state index in [-0.39, 0.29) is 11.5 Å². The van der Waals surface area contributed by atoms with Crippen LogP contribution in [0.3, 0.4) is 0 Å². The second kappa shape index (κ2) is 5.80. The summed E-state index contributed by atoms with van der Waals surface area (Å²) >= 11 is 7.17. The summed E-state index contributed by atoms with van der Waals surface area (Å²) < 4.78 is 5.22. The van der Waals surface area contributed by atoms with Crippen molar-refractivity contribution in [2.45, 2.75) is 45.3 Å². The molecule has 1 N–H and O–H groups in total. The first-order valence-corrected chi connectivity index (χ1v) is 6.65. The van der Waals surface area contributed by atoms with E-state index in [4.69, 9.17) is 16.3 Å². The molecule has 0 saturated heterocycles. The Morgan fingerprint density at radius 1 is 1.65 bits per heavy atom. The van der Waals surface area contributed by atoms with Gasteiger partial charge in [-0.3, -0.25) is 5.32 Å². The Kier molecular flexibility index (Phi) is 4.91. The molecule has 1 heterocycles. The summed E-state index contributed by atoms with van der Waals surface area (Å²) in [6, 6.07) is 0. The maximum Gasteiger partial charge on any atom is 0.358 e. The first kappa shape index (κ1) is 14.4. The third kappa shape index (κ3) is 5.48. The van der Waals surface area contributed by atoms with Crippen molar-refractivity contribution in [1.29, 1.82) is 0 Å². The molecule has 0 amide bonds. The Balaban J connectivity index is 2.58. The quantitative estimate of drug-likeness (QED) is 0.522. The van der Waals surface area contributed by atoms with Gasteiger partial charge in [-0.15, -0.1) is 22.9 Å². The van der Waals surface area contributed by atoms with Gasteiger partial charge in [0.05, 0.1) is 5.50 Å². The number of carbonyl (C=O) groups is 1. The van der Waals surface area contributed by atoms with Crippen LogP contribution in [0.2, 0.25) is 0 Å². The molecule has 4 nitrogen and oxygen atoms in total. The van der Waals surface area contributed by atoms with Crippen LogP contribution < -0.4 is 5.32 Å². The van der Waals surface area contributed by atoms with Crippen LogP contribution in [-0.4, -0.2) is 22.1 Å². The molecule has 0 aliphatic carbocycles. The van der Waals surface area contributed by atoms with Crippen molar-refractivity contribution in [2.75, 3.05) is 0 Å². The van der Waals surface area contributed by atoms with Crippen molar-refractivity contribution in [2.24, 2.45) is 0 Å². The molecule has 6 heteroatoms. The van der Waals surface area contributed by atoms with Gasteiger partial charge in [0, 0.05) is 11.9 Å². The van der Waals surface area contributed by atoms with Gasteiger partial charge in [0.1, 0.15) is 10.6 Å². The minimum absolute atomic E-state index is 0.121. The monoisotopic (exact) mass is 276 g/mol. The number of hydrogen-bond donors (Lipinski definition) is 1. The summed E-state index contributed by atoms with van der Waals surface area (Å²) in [5, 5.41) is 5.54. The lowest BCUT2D eigenvalue weighted by atomic mass is 10.2. The lowest BCUT2D eigenvalue weighted by Gasteiger charge is -2.18. The van der Waals surface area contributed by atoms with Crippen molar-refractivity contribution >= 4 is 28.9 Å². The molecular weight excluding hydrogens is 260 g/mol. The zero-order chi connectivity index (χ0) is 13.1. The molecule has 0 spiro atoms. The molecule has 0 aliphatic rings. The van der Waals surface area contributed by atoms with Gasteiger partial charge in [-0.25, -0.2) is 9.78 Å². The van der Waals surface area contributed by atoms with E-state index < -0.39 is 5.60 Å². The molecule has 17 heavy (non-hydrogen) atoms. The minimum Gasteiger partial charge on any atom is -0.455 e. The Hall–Kier alpha value is -0.650. The Bertz CT molecular complexity index is 385. The molecule has 0 radical (unpaired) electrons. The third-order valence-electron chi connectivity index (χ3n) is 1.69. The van der Waals surface area contributed by atoms with Crippen LogP contribution in [-0.2, 0) is 11.3 Å². The lowest BCUT2D eigenvalue weighted by molar-refractivity contribution is 0.00635. The van der Waals surface area contributed by atoms with Crippen molar-refractivity contribution < 1.29 is 9.53 Å². The van der Waals surface area contributed by atoms with E-state index >= 15 is 0 Å². The number of nitrogens with one attached hydrogen (secondary N) is 1. The van der Waals surface area contributed by atoms with Crippen molar-refractivity contribution in [1.82, 2.24) is 10.3 Å². The number of rotatable bonds is 4. The van der Waals surface area contributed by atoms with Crippen LogP contribution in [0.4, 0.5) is 0 Å². The second-order valence-corrected chi connectivity index (χ2v) is 6.22. The minimum atomic E-state index is -0.496. The first-order valence-electron chi connectivity index (χ1n) is 5.33. The van der Waals surface area contributed by atoms with Crippen LogP contribution in [0, 0.1) is 0 Å². The average Bonchev–Trinajstić information content (AvgIpc) is 2.60. The average molecular weight is 277 g/mol. The fourth-order valence-electron chi connectivity index (χ4n) is 1.04. The number of hydrogen-bond acceptors (Lipinski definition) is 5. The van der Waals surface area contributed by atoms with Gasteiger partial charge in [0.25, 0.3) is 0 Å². The number of nitrogens with zero attached hydrogens (tertiary/aromatic N) is 1. The standard InChI is InChI=1S/C11H17ClN2O2S/c1-7(12)13-5-9-14-8(6-17-9)10(15)16-11(2,3)4/h6-7,13H,5H2,1-4H3. The molecular formula is C11H17ClN2O2S. The number of alkyl halides is 1. The highest BCUT2D eigenvalue weighted by Crippen LogP contribution is 2.15. The van der Waals surface area contributed by atoms with Crippen molar-refractivity contribution in [3.63, 3.8) is 0 Å². The molecule has 1 rings (SSSR count). The van der Waals surface area contributed by atoms with Gasteiger partial charge in [0.2, 0.25) is 0 Å². The molecule has 1 unspecified atom stereocenters. The number of carbonyl (C=O) groups excluding carboxylic acids is 1. The van der Waals surface area contributed by atoms with Crippen LogP contribution in [0.5, 0.6) is 0 Å². The lowest BCUT2D eigenvalue weighted by Crippen LogP contribution is -2.24. The van der Waals surface area contributed by atoms with E-state index in [0.717, 1.165) is 5.01 Å². The number of thiazole rings is 1. The van der Waals surface area contributed by atoms with Gasteiger partial charge >= 0.3 is 5.97 Å². The van der Waals surface area contributed by atoms with Gasteiger partial charge in [0.15, 0.2) is 5.69 Å². The highest BCUT2D eigenvalue weighted by molar-refractivity contribution is 7.09. The van der Waals surface area contributed by atoms with E-state index in [1.807, 2.05) is 27.7 Å². The Morgan fingerprint density at radius 2 is 2.29 bits per heavy atom. The molecule has 0 bridgehead atoms. The van der Waals surface area contributed by atoms with Crippen LogP contribution in [0.15, 0.2) is 5.38 Å². The van der Waals surface area contributed by atoms with Gasteiger partial charge < -0.3 is 4.74 Å². The highest BCUT2D eigenvalue weighted by atomic mass is 35.5. The fourth-order valence-corrected chi connectivity index (χ4v) is 1.84. The predicted molar refractivity (Wildman–Crippen MR) is 69.4 cm³/mol. The maximum atomic E-state index is 11.7. The van der Waals surface area contributed by atoms with Gasteiger partial charge in [-0.05, 0) is 27.7 Å². The summed E-state index contributed by atoms with van der Waals surface area (Å²) in [5.74, 6) is -0.390. The largest absolute Gasteiger partial charge is 0.455 e. The Morgan fingerprint density at radius 3 is 2.82 bits per heavy atom. The summed E-state index contributed by atoms with van der Waals surface area (Å²) in [6.07, 6.45) is 0. The SMILES string of the molecule is CC(Cl)NCc1nc(C(=O)OC(C)(C)C)cs1. The van der Waals surface area contributed by atoms with E-state index in [9.17, 15) is 4.79 Å². The number of esters is 1. The van der Waals surface area contributed by atoms with E-state index in [0.29, 0.717) is 12.2 Å². The smallest absolute Gasteiger partial charge is 0.358 e. The highest BCUT2D eigenvalue weighted by Gasteiger charge is 2.20. The molecule has 1 atom stereocenters. The van der Waals surface area contributed by atoms with Gasteiger partial charge in [-0.2, -0.15) is 0 Å². The normalized spacial score (nSPS) is 13.5. The number of ether oxygens (including phenoxy) is 1.